The molecule has 7 heteroatoms. The Kier molecular flexibility index (Phi) is 6.50. The molecule has 1 saturated heterocycles. The topological polar surface area (TPSA) is 89.7 Å². The molecule has 2 aliphatic rings. The van der Waals surface area contributed by atoms with E-state index >= 15 is 0 Å². The molecule has 0 aliphatic carbocycles. The highest BCUT2D eigenvalue weighted by atomic mass is 16.5. The number of benzene rings is 1. The molecule has 3 heterocycles. The minimum atomic E-state index is 0.0382. The zero-order valence-corrected chi connectivity index (χ0v) is 17.5. The van der Waals surface area contributed by atoms with Gasteiger partial charge in [-0.1, -0.05) is 12.1 Å². The van der Waals surface area contributed by atoms with E-state index < -0.39 is 0 Å². The minimum Gasteiger partial charge on any atom is -0.494 e. The second-order valence-corrected chi connectivity index (χ2v) is 8.11. The molecule has 2 aliphatic heterocycles. The van der Waals surface area contributed by atoms with Gasteiger partial charge in [0.25, 0.3) is 0 Å². The number of morpholine rings is 1. The summed E-state index contributed by atoms with van der Waals surface area (Å²) in [7, 11) is 0. The molecule has 0 saturated carbocycles. The molecule has 7 nitrogen and oxygen atoms in total. The summed E-state index contributed by atoms with van der Waals surface area (Å²) in [6.07, 6.45) is 5.23. The summed E-state index contributed by atoms with van der Waals surface area (Å²) >= 11 is 0. The number of anilines is 2. The number of pyridine rings is 1. The number of carbonyl (C=O) groups excluding carboxylic acids is 1. The maximum atomic E-state index is 11.6. The Morgan fingerprint density at radius 3 is 3.00 bits per heavy atom. The lowest BCUT2D eigenvalue weighted by molar-refractivity contribution is -0.116. The highest BCUT2D eigenvalue weighted by molar-refractivity contribution is 5.94. The van der Waals surface area contributed by atoms with Crippen molar-refractivity contribution < 1.29 is 14.3 Å². The fourth-order valence-electron chi connectivity index (χ4n) is 3.97. The van der Waals surface area contributed by atoms with E-state index in [1.807, 2.05) is 36.5 Å². The van der Waals surface area contributed by atoms with E-state index in [0.717, 1.165) is 49.4 Å². The number of nitrogen functional groups attached to an aromatic ring is 1. The summed E-state index contributed by atoms with van der Waals surface area (Å²) in [6.45, 7) is 5.45. The van der Waals surface area contributed by atoms with Crippen LogP contribution in [-0.2, 0) is 16.0 Å². The number of hydrogen-bond donors (Lipinski definition) is 2. The maximum Gasteiger partial charge on any atom is 0.224 e. The molecular weight excluding hydrogens is 380 g/mol. The van der Waals surface area contributed by atoms with Crippen LogP contribution in [0.1, 0.15) is 43.4 Å². The molecule has 0 spiro atoms. The minimum absolute atomic E-state index is 0.0382. The first-order valence-electron chi connectivity index (χ1n) is 10.7. The van der Waals surface area contributed by atoms with Crippen molar-refractivity contribution in [3.8, 4) is 5.75 Å². The van der Waals surface area contributed by atoms with Crippen molar-refractivity contribution in [2.75, 3.05) is 37.4 Å². The normalized spacial score (nSPS) is 21.7. The largest absolute Gasteiger partial charge is 0.494 e. The lowest BCUT2D eigenvalue weighted by Crippen LogP contribution is -2.45. The summed E-state index contributed by atoms with van der Waals surface area (Å²) in [5.41, 5.74) is 8.82. The molecule has 1 amide bonds. The molecule has 0 unspecified atom stereocenters. The number of aryl methyl sites for hydroxylation is 1. The van der Waals surface area contributed by atoms with Crippen molar-refractivity contribution >= 4 is 17.4 Å². The van der Waals surface area contributed by atoms with Crippen LogP contribution < -0.4 is 15.8 Å². The second kappa shape index (κ2) is 9.45. The number of amides is 1. The van der Waals surface area contributed by atoms with Crippen LogP contribution in [0.4, 0.5) is 11.5 Å². The van der Waals surface area contributed by atoms with Gasteiger partial charge in [0.1, 0.15) is 11.6 Å². The first kappa shape index (κ1) is 20.6. The third kappa shape index (κ3) is 5.09. The standard InChI is InChI=1S/C23H30N4O3/c1-16-15-30-21(18-5-8-22(24)25-13-18)14-27(16)10-2-3-11-29-19-7-4-17-6-9-23(28)26-20(17)12-19/h4-5,7-8,12-13,16,21H,2-3,6,9-11,14-15H2,1H3,(H2,24,25)(H,26,28)/t16-,21-/m0/s1. The summed E-state index contributed by atoms with van der Waals surface area (Å²) < 4.78 is 11.9. The average Bonchev–Trinajstić information content (AvgIpc) is 2.75. The summed E-state index contributed by atoms with van der Waals surface area (Å²) in [4.78, 5) is 18.2. The van der Waals surface area contributed by atoms with Crippen molar-refractivity contribution in [1.29, 1.82) is 0 Å². The van der Waals surface area contributed by atoms with Crippen LogP contribution in [0.15, 0.2) is 36.5 Å². The predicted octanol–water partition coefficient (Wildman–Crippen LogP) is 3.17. The van der Waals surface area contributed by atoms with Crippen LogP contribution in [0.25, 0.3) is 0 Å². The Morgan fingerprint density at radius 2 is 2.17 bits per heavy atom. The fraction of sp³-hybridized carbons (Fsp3) is 0.478. The van der Waals surface area contributed by atoms with Gasteiger partial charge in [0.05, 0.1) is 19.3 Å². The van der Waals surface area contributed by atoms with Gasteiger partial charge in [0.2, 0.25) is 5.91 Å². The number of ether oxygens (including phenoxy) is 2. The van der Waals surface area contributed by atoms with Crippen LogP contribution in [0.3, 0.4) is 0 Å². The lowest BCUT2D eigenvalue weighted by Gasteiger charge is -2.38. The lowest BCUT2D eigenvalue weighted by atomic mass is 10.0. The van der Waals surface area contributed by atoms with E-state index in [0.29, 0.717) is 31.5 Å². The Bertz CT molecular complexity index is 871. The monoisotopic (exact) mass is 410 g/mol. The van der Waals surface area contributed by atoms with Gasteiger partial charge in [0, 0.05) is 42.5 Å². The van der Waals surface area contributed by atoms with Crippen LogP contribution >= 0.6 is 0 Å². The molecule has 1 aromatic carbocycles. The number of aromatic nitrogens is 1. The van der Waals surface area contributed by atoms with Crippen molar-refractivity contribution in [2.24, 2.45) is 0 Å². The Morgan fingerprint density at radius 1 is 1.27 bits per heavy atom. The fourth-order valence-corrected chi connectivity index (χ4v) is 3.97. The zero-order chi connectivity index (χ0) is 20.9. The number of nitrogens with two attached hydrogens (primary N) is 1. The average molecular weight is 411 g/mol. The van der Waals surface area contributed by atoms with Crippen LogP contribution in [-0.4, -0.2) is 48.1 Å². The summed E-state index contributed by atoms with van der Waals surface area (Å²) in [6, 6.07) is 10.2. The van der Waals surface area contributed by atoms with Gasteiger partial charge >= 0.3 is 0 Å². The summed E-state index contributed by atoms with van der Waals surface area (Å²) in [5, 5.41) is 2.92. The van der Waals surface area contributed by atoms with Gasteiger partial charge in [0.15, 0.2) is 0 Å². The molecule has 0 bridgehead atoms. The second-order valence-electron chi connectivity index (χ2n) is 8.11. The Balaban J connectivity index is 1.21. The molecule has 2 aromatic rings. The van der Waals surface area contributed by atoms with Crippen LogP contribution in [0.2, 0.25) is 0 Å². The summed E-state index contributed by atoms with van der Waals surface area (Å²) in [5.74, 6) is 1.42. The van der Waals surface area contributed by atoms with Crippen molar-refractivity contribution in [3.63, 3.8) is 0 Å². The quantitative estimate of drug-likeness (QED) is 0.682. The van der Waals surface area contributed by atoms with Gasteiger partial charge in [-0.05, 0) is 50.4 Å². The molecule has 30 heavy (non-hydrogen) atoms. The number of unbranched alkanes of at least 4 members (excludes halogenated alkanes) is 1. The van der Waals surface area contributed by atoms with Crippen molar-refractivity contribution in [2.45, 2.75) is 44.8 Å². The third-order valence-corrected chi connectivity index (χ3v) is 5.83. The molecule has 4 rings (SSSR count). The molecular formula is C23H30N4O3. The van der Waals surface area contributed by atoms with E-state index in [9.17, 15) is 4.79 Å². The van der Waals surface area contributed by atoms with E-state index in [2.05, 4.69) is 22.1 Å². The number of carbonyl (C=O) groups is 1. The zero-order valence-electron chi connectivity index (χ0n) is 17.5. The highest BCUT2D eigenvalue weighted by Crippen LogP contribution is 2.28. The predicted molar refractivity (Wildman–Crippen MR) is 116 cm³/mol. The van der Waals surface area contributed by atoms with Gasteiger partial charge < -0.3 is 20.5 Å². The first-order valence-corrected chi connectivity index (χ1v) is 10.7. The van der Waals surface area contributed by atoms with E-state index in [4.69, 9.17) is 15.2 Å². The third-order valence-electron chi connectivity index (χ3n) is 5.83. The molecule has 1 fully saturated rings. The maximum absolute atomic E-state index is 11.6. The van der Waals surface area contributed by atoms with Gasteiger partial charge in [-0.3, -0.25) is 9.69 Å². The van der Waals surface area contributed by atoms with E-state index in [1.165, 1.54) is 5.56 Å². The van der Waals surface area contributed by atoms with E-state index in [1.54, 1.807) is 0 Å². The van der Waals surface area contributed by atoms with Gasteiger partial charge in [-0.25, -0.2) is 4.98 Å². The van der Waals surface area contributed by atoms with Crippen LogP contribution in [0, 0.1) is 0 Å². The molecule has 0 radical (unpaired) electrons. The number of rotatable bonds is 7. The van der Waals surface area contributed by atoms with Gasteiger partial charge in [-0.2, -0.15) is 0 Å². The molecule has 2 atom stereocenters. The Labute approximate surface area is 177 Å². The SMILES string of the molecule is C[C@H]1CO[C@H](c2ccc(N)nc2)CN1CCCCOc1ccc2c(c1)NC(=O)CC2. The van der Waals surface area contributed by atoms with E-state index in [-0.39, 0.29) is 12.0 Å². The van der Waals surface area contributed by atoms with Crippen LogP contribution in [0.5, 0.6) is 5.75 Å². The number of nitrogens with one attached hydrogen (secondary N) is 1. The molecule has 1 aromatic heterocycles. The van der Waals surface area contributed by atoms with Gasteiger partial charge in [-0.15, -0.1) is 0 Å². The van der Waals surface area contributed by atoms with Crippen molar-refractivity contribution in [1.82, 2.24) is 9.88 Å². The molecule has 160 valence electrons. The smallest absolute Gasteiger partial charge is 0.224 e. The first-order chi connectivity index (χ1) is 14.6. The number of hydrogen-bond acceptors (Lipinski definition) is 6. The number of nitrogens with zero attached hydrogens (tertiary/aromatic N) is 2. The highest BCUT2D eigenvalue weighted by Gasteiger charge is 2.26. The number of fused-ring (bicyclic) bond motifs is 1. The van der Waals surface area contributed by atoms with Crippen molar-refractivity contribution in [3.05, 3.63) is 47.7 Å². The Hall–Kier alpha value is -2.64. The molecule has 3 N–H and O–H groups in total.